The minimum absolute atomic E-state index is 0.0288. The number of halogens is 1. The van der Waals surface area contributed by atoms with E-state index in [1.807, 2.05) is 12.1 Å². The fraction of sp³-hybridized carbons (Fsp3) is 0.588. The summed E-state index contributed by atoms with van der Waals surface area (Å²) >= 11 is 6.01. The first-order valence-electron chi connectivity index (χ1n) is 7.95. The average molecular weight is 324 g/mol. The molecular weight excluding hydrogens is 302 g/mol. The SMILES string of the molecule is CC1CC(CCNC(=O)C2COc3ccc(Cl)cc32)CCO1. The summed E-state index contributed by atoms with van der Waals surface area (Å²) in [6.45, 7) is 4.06. The van der Waals surface area contributed by atoms with Gasteiger partial charge in [-0.3, -0.25) is 4.79 Å². The number of ether oxygens (including phenoxy) is 2. The van der Waals surface area contributed by atoms with Gasteiger partial charge >= 0.3 is 0 Å². The van der Waals surface area contributed by atoms with Crippen molar-refractivity contribution < 1.29 is 14.3 Å². The lowest BCUT2D eigenvalue weighted by Gasteiger charge is -2.27. The second kappa shape index (κ2) is 6.88. The van der Waals surface area contributed by atoms with E-state index in [4.69, 9.17) is 21.1 Å². The minimum atomic E-state index is -0.248. The summed E-state index contributed by atoms with van der Waals surface area (Å²) in [6.07, 6.45) is 3.52. The van der Waals surface area contributed by atoms with E-state index in [1.165, 1.54) is 0 Å². The van der Waals surface area contributed by atoms with Gasteiger partial charge in [0.15, 0.2) is 0 Å². The smallest absolute Gasteiger partial charge is 0.231 e. The summed E-state index contributed by atoms with van der Waals surface area (Å²) < 4.78 is 11.1. The maximum Gasteiger partial charge on any atom is 0.231 e. The molecule has 0 aromatic heterocycles. The van der Waals surface area contributed by atoms with Crippen LogP contribution in [-0.4, -0.2) is 31.8 Å². The van der Waals surface area contributed by atoms with Gasteiger partial charge in [0, 0.05) is 23.7 Å². The minimum Gasteiger partial charge on any atom is -0.492 e. The van der Waals surface area contributed by atoms with Crippen LogP contribution in [0, 0.1) is 5.92 Å². The average Bonchev–Trinajstić information content (AvgIpc) is 2.90. The fourth-order valence-corrected chi connectivity index (χ4v) is 3.46. The second-order valence-electron chi connectivity index (χ2n) is 6.20. The van der Waals surface area contributed by atoms with Crippen LogP contribution < -0.4 is 10.1 Å². The zero-order valence-corrected chi connectivity index (χ0v) is 13.6. The third kappa shape index (κ3) is 3.55. The number of carbonyl (C=O) groups is 1. The number of rotatable bonds is 4. The van der Waals surface area contributed by atoms with Crippen LogP contribution in [0.1, 0.15) is 37.7 Å². The molecule has 1 fully saturated rings. The predicted octanol–water partition coefficient (Wildman–Crippen LogP) is 3.14. The number of amides is 1. The Labute approximate surface area is 136 Å². The summed E-state index contributed by atoms with van der Waals surface area (Å²) in [5.74, 6) is 1.19. The molecule has 22 heavy (non-hydrogen) atoms. The molecule has 0 aliphatic carbocycles. The largest absolute Gasteiger partial charge is 0.492 e. The van der Waals surface area contributed by atoms with Gasteiger partial charge in [0.2, 0.25) is 5.91 Å². The molecule has 3 unspecified atom stereocenters. The first kappa shape index (κ1) is 15.6. The van der Waals surface area contributed by atoms with E-state index in [1.54, 1.807) is 6.07 Å². The summed E-state index contributed by atoms with van der Waals surface area (Å²) in [7, 11) is 0. The Kier molecular flexibility index (Phi) is 4.89. The highest BCUT2D eigenvalue weighted by atomic mass is 35.5. The van der Waals surface area contributed by atoms with Gasteiger partial charge in [-0.1, -0.05) is 11.6 Å². The van der Waals surface area contributed by atoms with E-state index in [0.717, 1.165) is 37.2 Å². The Morgan fingerprint density at radius 1 is 1.45 bits per heavy atom. The molecule has 1 amide bonds. The number of fused-ring (bicyclic) bond motifs is 1. The molecule has 1 aromatic carbocycles. The highest BCUT2D eigenvalue weighted by Gasteiger charge is 2.30. The lowest BCUT2D eigenvalue weighted by molar-refractivity contribution is -0.122. The van der Waals surface area contributed by atoms with Crippen LogP contribution in [0.15, 0.2) is 18.2 Å². The first-order valence-corrected chi connectivity index (χ1v) is 8.33. The zero-order valence-electron chi connectivity index (χ0n) is 12.8. The molecule has 1 aromatic rings. The lowest BCUT2D eigenvalue weighted by Crippen LogP contribution is -2.33. The van der Waals surface area contributed by atoms with Crippen molar-refractivity contribution in [2.45, 2.75) is 38.2 Å². The van der Waals surface area contributed by atoms with Gasteiger partial charge in [-0.2, -0.15) is 0 Å². The third-order valence-electron chi connectivity index (χ3n) is 4.51. The number of carbonyl (C=O) groups excluding carboxylic acids is 1. The van der Waals surface area contributed by atoms with E-state index in [-0.39, 0.29) is 11.8 Å². The molecule has 1 N–H and O–H groups in total. The van der Waals surface area contributed by atoms with Crippen molar-refractivity contribution in [1.82, 2.24) is 5.32 Å². The standard InChI is InChI=1S/C17H22ClNO3/c1-11-8-12(5-7-21-11)4-6-19-17(20)15-10-22-16-3-2-13(18)9-14(15)16/h2-3,9,11-12,15H,4-8,10H2,1H3,(H,19,20). The van der Waals surface area contributed by atoms with Crippen LogP contribution in [0.3, 0.4) is 0 Å². The Balaban J connectivity index is 1.50. The molecule has 0 radical (unpaired) electrons. The quantitative estimate of drug-likeness (QED) is 0.926. The number of benzene rings is 1. The molecule has 4 nitrogen and oxygen atoms in total. The molecule has 0 spiro atoms. The summed E-state index contributed by atoms with van der Waals surface area (Å²) in [5.41, 5.74) is 0.893. The van der Waals surface area contributed by atoms with Crippen LogP contribution in [0.2, 0.25) is 5.02 Å². The van der Waals surface area contributed by atoms with Crippen molar-refractivity contribution in [2.75, 3.05) is 19.8 Å². The molecule has 3 rings (SSSR count). The molecule has 0 bridgehead atoms. The topological polar surface area (TPSA) is 47.6 Å². The maximum atomic E-state index is 12.4. The molecular formula is C17H22ClNO3. The molecule has 2 aliphatic rings. The van der Waals surface area contributed by atoms with Gasteiger partial charge in [0.25, 0.3) is 0 Å². The first-order chi connectivity index (χ1) is 10.6. The Hall–Kier alpha value is -1.26. The van der Waals surface area contributed by atoms with Gasteiger partial charge in [-0.25, -0.2) is 0 Å². The second-order valence-corrected chi connectivity index (χ2v) is 6.63. The van der Waals surface area contributed by atoms with Gasteiger partial charge < -0.3 is 14.8 Å². The van der Waals surface area contributed by atoms with Crippen LogP contribution in [0.5, 0.6) is 5.75 Å². The molecule has 3 atom stereocenters. The fourth-order valence-electron chi connectivity index (χ4n) is 3.28. The van der Waals surface area contributed by atoms with Crippen LogP contribution in [0.25, 0.3) is 0 Å². The Morgan fingerprint density at radius 3 is 3.14 bits per heavy atom. The molecule has 2 heterocycles. The lowest BCUT2D eigenvalue weighted by atomic mass is 9.93. The van der Waals surface area contributed by atoms with Crippen molar-refractivity contribution in [3.8, 4) is 5.75 Å². The van der Waals surface area contributed by atoms with Crippen molar-refractivity contribution in [3.05, 3.63) is 28.8 Å². The molecule has 0 saturated carbocycles. The number of hydrogen-bond acceptors (Lipinski definition) is 3. The summed E-state index contributed by atoms with van der Waals surface area (Å²) in [5, 5.41) is 3.68. The van der Waals surface area contributed by atoms with Crippen molar-refractivity contribution in [2.24, 2.45) is 5.92 Å². The highest BCUT2D eigenvalue weighted by Crippen LogP contribution is 2.35. The molecule has 120 valence electrons. The third-order valence-corrected chi connectivity index (χ3v) is 4.75. The van der Waals surface area contributed by atoms with Gasteiger partial charge in [0.05, 0.1) is 6.10 Å². The van der Waals surface area contributed by atoms with Gasteiger partial charge in [-0.15, -0.1) is 0 Å². The van der Waals surface area contributed by atoms with Crippen molar-refractivity contribution in [1.29, 1.82) is 0 Å². The van der Waals surface area contributed by atoms with E-state index in [9.17, 15) is 4.79 Å². The zero-order chi connectivity index (χ0) is 15.5. The summed E-state index contributed by atoms with van der Waals surface area (Å²) in [4.78, 5) is 12.4. The monoisotopic (exact) mass is 323 g/mol. The Morgan fingerprint density at radius 2 is 2.32 bits per heavy atom. The van der Waals surface area contributed by atoms with E-state index in [2.05, 4.69) is 12.2 Å². The maximum absolute atomic E-state index is 12.4. The van der Waals surface area contributed by atoms with Crippen LogP contribution in [0.4, 0.5) is 0 Å². The number of nitrogens with one attached hydrogen (secondary N) is 1. The highest BCUT2D eigenvalue weighted by molar-refractivity contribution is 6.30. The van der Waals surface area contributed by atoms with Crippen LogP contribution >= 0.6 is 11.6 Å². The molecule has 5 heteroatoms. The molecule has 1 saturated heterocycles. The van der Waals surface area contributed by atoms with Gasteiger partial charge in [0.1, 0.15) is 18.3 Å². The van der Waals surface area contributed by atoms with E-state index < -0.39 is 0 Å². The number of hydrogen-bond donors (Lipinski definition) is 1. The van der Waals surface area contributed by atoms with Gasteiger partial charge in [-0.05, 0) is 50.3 Å². The predicted molar refractivity (Wildman–Crippen MR) is 85.5 cm³/mol. The van der Waals surface area contributed by atoms with E-state index in [0.29, 0.717) is 30.2 Å². The van der Waals surface area contributed by atoms with Crippen LogP contribution in [-0.2, 0) is 9.53 Å². The molecule has 2 aliphatic heterocycles. The van der Waals surface area contributed by atoms with Crippen molar-refractivity contribution in [3.63, 3.8) is 0 Å². The summed E-state index contributed by atoms with van der Waals surface area (Å²) in [6, 6.07) is 5.44. The van der Waals surface area contributed by atoms with Crippen molar-refractivity contribution >= 4 is 17.5 Å². The normalized spacial score (nSPS) is 27.1. The van der Waals surface area contributed by atoms with E-state index >= 15 is 0 Å². The Bertz CT molecular complexity index is 549.